The second-order valence-electron chi connectivity index (χ2n) is 8.63. The first-order valence-electron chi connectivity index (χ1n) is 11.5. The Hall–Kier alpha value is -3.28. The molecule has 36 heavy (non-hydrogen) atoms. The minimum absolute atomic E-state index is 0.153. The quantitative estimate of drug-likeness (QED) is 0.397. The summed E-state index contributed by atoms with van der Waals surface area (Å²) in [5.74, 6) is -0.277. The van der Waals surface area contributed by atoms with Crippen molar-refractivity contribution in [2.75, 3.05) is 13.1 Å². The van der Waals surface area contributed by atoms with Crippen molar-refractivity contribution in [1.29, 1.82) is 0 Å². The second-order valence-corrected chi connectivity index (χ2v) is 9.52. The van der Waals surface area contributed by atoms with E-state index in [1.807, 2.05) is 29.6 Å². The van der Waals surface area contributed by atoms with Crippen LogP contribution in [0.4, 0.5) is 17.6 Å². The summed E-state index contributed by atoms with van der Waals surface area (Å²) in [7, 11) is 0. The van der Waals surface area contributed by atoms with Crippen LogP contribution in [0.25, 0.3) is 0 Å². The van der Waals surface area contributed by atoms with Gasteiger partial charge in [-0.2, -0.15) is 5.10 Å². The van der Waals surface area contributed by atoms with Gasteiger partial charge in [-0.05, 0) is 25.0 Å². The standard InChI is InChI=1S/C24H22F4N5O2S/c25-22(26)17-10-19(23(27)28)33(30-17)12-21(34)32-8-6-15(7-9-32)24-29-18(13-36-24)16-11-20(35-31-16)14-4-2-1-3-5-14/h1-4,10,13,15,20,22-23H,6-9,11-12H2/t20-/m1/s1. The smallest absolute Gasteiger partial charge is 0.282 e. The summed E-state index contributed by atoms with van der Waals surface area (Å²) in [6, 6.07) is 11.4. The van der Waals surface area contributed by atoms with Crippen molar-refractivity contribution in [3.63, 3.8) is 0 Å². The normalized spacial score (nSPS) is 18.7. The lowest BCUT2D eigenvalue weighted by atomic mass is 9.97. The molecule has 5 rings (SSSR count). The van der Waals surface area contributed by atoms with Crippen molar-refractivity contribution >= 4 is 23.0 Å². The van der Waals surface area contributed by atoms with Crippen LogP contribution in [0.3, 0.4) is 0 Å². The van der Waals surface area contributed by atoms with Gasteiger partial charge in [-0.25, -0.2) is 22.5 Å². The number of halogens is 4. The lowest BCUT2D eigenvalue weighted by molar-refractivity contribution is -0.133. The predicted molar refractivity (Wildman–Crippen MR) is 123 cm³/mol. The highest BCUT2D eigenvalue weighted by atomic mass is 32.1. The van der Waals surface area contributed by atoms with Crippen LogP contribution in [0, 0.1) is 6.07 Å². The molecule has 1 fully saturated rings. The Morgan fingerprint density at radius 3 is 2.69 bits per heavy atom. The number of rotatable bonds is 7. The average Bonchev–Trinajstić information content (AvgIpc) is 3.64. The van der Waals surface area contributed by atoms with Crippen molar-refractivity contribution in [3.8, 4) is 0 Å². The van der Waals surface area contributed by atoms with E-state index in [1.165, 1.54) is 11.3 Å². The monoisotopic (exact) mass is 520 g/mol. The van der Waals surface area contributed by atoms with Crippen LogP contribution >= 0.6 is 11.3 Å². The van der Waals surface area contributed by atoms with Crippen LogP contribution in [0.2, 0.25) is 0 Å². The lowest BCUT2D eigenvalue weighted by Gasteiger charge is -2.31. The van der Waals surface area contributed by atoms with Crippen LogP contribution in [-0.2, 0) is 16.2 Å². The lowest BCUT2D eigenvalue weighted by Crippen LogP contribution is -2.40. The summed E-state index contributed by atoms with van der Waals surface area (Å²) in [5, 5.41) is 10.6. The van der Waals surface area contributed by atoms with Gasteiger partial charge in [0.25, 0.3) is 12.9 Å². The molecule has 0 unspecified atom stereocenters. The number of likely N-dealkylation sites (tertiary alicyclic amines) is 1. The largest absolute Gasteiger partial charge is 0.387 e. The van der Waals surface area contributed by atoms with E-state index in [4.69, 9.17) is 9.82 Å². The van der Waals surface area contributed by atoms with Crippen molar-refractivity contribution in [2.24, 2.45) is 5.16 Å². The number of thiazole rings is 1. The highest BCUT2D eigenvalue weighted by Gasteiger charge is 2.30. The summed E-state index contributed by atoms with van der Waals surface area (Å²) >= 11 is 1.54. The van der Waals surface area contributed by atoms with E-state index in [1.54, 1.807) is 4.90 Å². The summed E-state index contributed by atoms with van der Waals surface area (Å²) < 4.78 is 52.8. The zero-order valence-electron chi connectivity index (χ0n) is 19.0. The molecule has 0 N–H and O–H groups in total. The number of amides is 1. The molecule has 3 aromatic rings. The van der Waals surface area contributed by atoms with Gasteiger partial charge in [0.05, 0.1) is 10.7 Å². The molecular weight excluding hydrogens is 498 g/mol. The van der Waals surface area contributed by atoms with Gasteiger partial charge >= 0.3 is 0 Å². The first-order chi connectivity index (χ1) is 17.4. The Balaban J connectivity index is 1.16. The van der Waals surface area contributed by atoms with E-state index in [2.05, 4.69) is 16.3 Å². The maximum Gasteiger partial charge on any atom is 0.282 e. The van der Waals surface area contributed by atoms with Crippen LogP contribution in [0.1, 0.15) is 71.8 Å². The zero-order chi connectivity index (χ0) is 25.2. The molecule has 2 aromatic heterocycles. The zero-order valence-corrected chi connectivity index (χ0v) is 19.8. The maximum atomic E-state index is 13.2. The summed E-state index contributed by atoms with van der Waals surface area (Å²) in [6.07, 6.45) is -4.24. The molecule has 12 heteroatoms. The number of carbonyl (C=O) groups excluding carboxylic acids is 1. The van der Waals surface area contributed by atoms with E-state index < -0.39 is 36.7 Å². The SMILES string of the molecule is O=C(Cn1nc(C(F)F)cc1C(F)F)N1CCC(c2nc(C3=NO[C@@H](c4[c]cccc4)C3)cs2)CC1. The number of piperidine rings is 1. The topological polar surface area (TPSA) is 72.6 Å². The fourth-order valence-corrected chi connectivity index (χ4v) is 5.38. The van der Waals surface area contributed by atoms with Crippen molar-refractivity contribution in [2.45, 2.75) is 50.7 Å². The third-order valence-electron chi connectivity index (χ3n) is 6.33. The molecule has 189 valence electrons. The number of benzene rings is 1. The number of carbonyl (C=O) groups is 1. The highest BCUT2D eigenvalue weighted by Crippen LogP contribution is 2.34. The average molecular weight is 521 g/mol. The molecule has 2 aliphatic rings. The minimum atomic E-state index is -3.00. The van der Waals surface area contributed by atoms with Gasteiger partial charge in [0.1, 0.15) is 23.6 Å². The Labute approximate surface area is 208 Å². The van der Waals surface area contributed by atoms with Crippen LogP contribution in [0.5, 0.6) is 0 Å². The van der Waals surface area contributed by atoms with E-state index in [-0.39, 0.29) is 12.0 Å². The number of oxime groups is 1. The van der Waals surface area contributed by atoms with E-state index >= 15 is 0 Å². The van der Waals surface area contributed by atoms with E-state index in [0.29, 0.717) is 43.1 Å². The first kappa shape index (κ1) is 24.4. The third kappa shape index (κ3) is 5.13. The molecular formula is C24H22F4N5O2S. The molecule has 7 nitrogen and oxygen atoms in total. The van der Waals surface area contributed by atoms with Crippen molar-refractivity contribution in [3.05, 3.63) is 69.4 Å². The van der Waals surface area contributed by atoms with Gasteiger partial charge in [0, 0.05) is 36.4 Å². The molecule has 0 aliphatic carbocycles. The van der Waals surface area contributed by atoms with Gasteiger partial charge in [0.2, 0.25) is 5.91 Å². The first-order valence-corrected chi connectivity index (χ1v) is 12.3. The summed E-state index contributed by atoms with van der Waals surface area (Å²) in [4.78, 5) is 24.6. The molecule has 0 spiro atoms. The maximum absolute atomic E-state index is 13.2. The molecule has 1 atom stereocenters. The fourth-order valence-electron chi connectivity index (χ4n) is 4.38. The van der Waals surface area contributed by atoms with Crippen LogP contribution < -0.4 is 0 Å². The number of alkyl halides is 4. The number of aromatic nitrogens is 3. The highest BCUT2D eigenvalue weighted by molar-refractivity contribution is 7.10. The van der Waals surface area contributed by atoms with E-state index in [0.717, 1.165) is 22.0 Å². The Kier molecular flexibility index (Phi) is 7.04. The second kappa shape index (κ2) is 10.4. The third-order valence-corrected chi connectivity index (χ3v) is 7.33. The van der Waals surface area contributed by atoms with Gasteiger partial charge in [0.15, 0.2) is 6.10 Å². The summed E-state index contributed by atoms with van der Waals surface area (Å²) in [6.45, 7) is 0.334. The van der Waals surface area contributed by atoms with Crippen molar-refractivity contribution in [1.82, 2.24) is 19.7 Å². The molecule has 1 amide bonds. The summed E-state index contributed by atoms with van der Waals surface area (Å²) in [5.41, 5.74) is 1.05. The number of hydrogen-bond acceptors (Lipinski definition) is 6. The van der Waals surface area contributed by atoms with Crippen LogP contribution in [0.15, 0.2) is 40.9 Å². The fraction of sp³-hybridized carbons (Fsp3) is 0.417. The molecule has 0 bridgehead atoms. The van der Waals surface area contributed by atoms with Gasteiger partial charge < -0.3 is 9.74 Å². The Morgan fingerprint density at radius 2 is 2.00 bits per heavy atom. The number of nitrogens with zero attached hydrogens (tertiary/aromatic N) is 5. The minimum Gasteiger partial charge on any atom is -0.387 e. The molecule has 2 aliphatic heterocycles. The Morgan fingerprint density at radius 1 is 1.19 bits per heavy atom. The van der Waals surface area contributed by atoms with Gasteiger partial charge in [-0.3, -0.25) is 9.48 Å². The van der Waals surface area contributed by atoms with E-state index in [9.17, 15) is 22.4 Å². The molecule has 0 saturated carbocycles. The van der Waals surface area contributed by atoms with Gasteiger partial charge in [-0.15, -0.1) is 11.3 Å². The molecule has 1 aromatic carbocycles. The van der Waals surface area contributed by atoms with Crippen LogP contribution in [-0.4, -0.2) is 44.4 Å². The molecule has 1 saturated heterocycles. The number of hydrogen-bond donors (Lipinski definition) is 0. The molecule has 1 radical (unpaired) electrons. The molecule has 4 heterocycles. The van der Waals surface area contributed by atoms with Gasteiger partial charge in [-0.1, -0.05) is 29.4 Å². The predicted octanol–water partition coefficient (Wildman–Crippen LogP) is 5.29. The van der Waals surface area contributed by atoms with Crippen molar-refractivity contribution < 1.29 is 27.2 Å². The Bertz CT molecular complexity index is 1240.